The normalized spacial score (nSPS) is 10.5. The van der Waals surface area contributed by atoms with Gasteiger partial charge in [0.05, 0.1) is 13.3 Å². The molecule has 146 valence electrons. The molecule has 0 bridgehead atoms. The zero-order valence-electron chi connectivity index (χ0n) is 15.6. The van der Waals surface area contributed by atoms with E-state index in [0.29, 0.717) is 28.7 Å². The maximum atomic E-state index is 12.4. The summed E-state index contributed by atoms with van der Waals surface area (Å²) in [4.78, 5) is 16.3. The van der Waals surface area contributed by atoms with Gasteiger partial charge in [0.1, 0.15) is 12.4 Å². The monoisotopic (exact) mass is 390 g/mol. The molecular weight excluding hydrogens is 372 g/mol. The molecule has 1 amide bonds. The topological polar surface area (TPSA) is 86.7 Å². The molecule has 7 heteroatoms. The van der Waals surface area contributed by atoms with Gasteiger partial charge in [-0.3, -0.25) is 4.79 Å². The zero-order chi connectivity index (χ0) is 20.1. The number of carbonyl (C=O) groups excluding carboxylic acids is 1. The summed E-state index contributed by atoms with van der Waals surface area (Å²) >= 11 is 0. The van der Waals surface area contributed by atoms with Crippen molar-refractivity contribution in [3.8, 4) is 22.8 Å². The molecule has 0 aliphatic rings. The summed E-state index contributed by atoms with van der Waals surface area (Å²) in [6.07, 6.45) is 3.00. The molecule has 4 aromatic rings. The number of amides is 1. The van der Waals surface area contributed by atoms with E-state index in [-0.39, 0.29) is 18.3 Å². The van der Waals surface area contributed by atoms with Crippen LogP contribution in [-0.4, -0.2) is 18.0 Å². The fourth-order valence-electron chi connectivity index (χ4n) is 2.73. The number of methoxy groups -OCH3 is 1. The highest BCUT2D eigenvalue weighted by Crippen LogP contribution is 2.27. The molecule has 0 saturated carbocycles. The zero-order valence-corrected chi connectivity index (χ0v) is 15.6. The number of para-hydroxylation sites is 2. The Bertz CT molecular complexity index is 1080. The minimum Gasteiger partial charge on any atom is -0.493 e. The first-order chi connectivity index (χ1) is 14.2. The Hall–Kier alpha value is -4.00. The van der Waals surface area contributed by atoms with E-state index >= 15 is 0 Å². The van der Waals surface area contributed by atoms with Gasteiger partial charge < -0.3 is 23.6 Å². The number of benzene rings is 2. The molecule has 1 N–H and O–H groups in total. The summed E-state index contributed by atoms with van der Waals surface area (Å²) in [5, 5.41) is 2.80. The average molecular weight is 390 g/mol. The number of hydrogen-bond acceptors (Lipinski definition) is 6. The third-order valence-electron chi connectivity index (χ3n) is 4.18. The van der Waals surface area contributed by atoms with Crippen LogP contribution in [0.15, 0.2) is 82.1 Å². The van der Waals surface area contributed by atoms with Crippen LogP contribution in [0.3, 0.4) is 0 Å². The molecule has 2 aromatic carbocycles. The van der Waals surface area contributed by atoms with Gasteiger partial charge in [0.15, 0.2) is 29.4 Å². The quantitative estimate of drug-likeness (QED) is 0.489. The first-order valence-electron chi connectivity index (χ1n) is 8.88. The first kappa shape index (κ1) is 18.4. The Morgan fingerprint density at radius 3 is 2.55 bits per heavy atom. The van der Waals surface area contributed by atoms with E-state index in [2.05, 4.69) is 10.3 Å². The predicted octanol–water partition coefficient (Wildman–Crippen LogP) is 4.77. The third kappa shape index (κ3) is 4.30. The van der Waals surface area contributed by atoms with Crippen LogP contribution >= 0.6 is 0 Å². The molecule has 0 unspecified atom stereocenters. The van der Waals surface area contributed by atoms with Crippen molar-refractivity contribution >= 4 is 11.6 Å². The van der Waals surface area contributed by atoms with Gasteiger partial charge in [-0.05, 0) is 48.5 Å². The largest absolute Gasteiger partial charge is 0.493 e. The number of aromatic nitrogens is 1. The van der Waals surface area contributed by atoms with Crippen LogP contribution in [-0.2, 0) is 6.61 Å². The van der Waals surface area contributed by atoms with Crippen molar-refractivity contribution in [1.82, 2.24) is 4.98 Å². The van der Waals surface area contributed by atoms with E-state index in [0.717, 1.165) is 5.56 Å². The molecule has 0 radical (unpaired) electrons. The highest BCUT2D eigenvalue weighted by Gasteiger charge is 2.13. The van der Waals surface area contributed by atoms with E-state index in [1.807, 2.05) is 30.3 Å². The molecule has 4 rings (SSSR count). The molecule has 0 aliphatic carbocycles. The van der Waals surface area contributed by atoms with Gasteiger partial charge in [-0.1, -0.05) is 12.1 Å². The van der Waals surface area contributed by atoms with Crippen molar-refractivity contribution in [1.29, 1.82) is 0 Å². The molecular formula is C22H18N2O5. The molecule has 7 nitrogen and oxygen atoms in total. The summed E-state index contributed by atoms with van der Waals surface area (Å²) in [6.45, 7) is 0.180. The number of carbonyl (C=O) groups is 1. The van der Waals surface area contributed by atoms with Gasteiger partial charge in [0.2, 0.25) is 0 Å². The molecule has 2 aromatic heterocycles. The van der Waals surface area contributed by atoms with Gasteiger partial charge in [0, 0.05) is 11.3 Å². The maximum Gasteiger partial charge on any atom is 0.291 e. The van der Waals surface area contributed by atoms with Crippen LogP contribution in [0.2, 0.25) is 0 Å². The number of nitrogens with one attached hydrogen (secondary N) is 1. The van der Waals surface area contributed by atoms with Crippen molar-refractivity contribution in [3.63, 3.8) is 0 Å². The Morgan fingerprint density at radius 2 is 1.83 bits per heavy atom. The SMILES string of the molecule is COc1ccccc1OCc1ccc(C(=O)Nc2ccc(-c3cnco3)cc2)o1. The minimum absolute atomic E-state index is 0.180. The molecule has 2 heterocycles. The molecule has 0 fully saturated rings. The Kier molecular flexibility index (Phi) is 5.29. The van der Waals surface area contributed by atoms with Gasteiger partial charge in [-0.2, -0.15) is 0 Å². The summed E-state index contributed by atoms with van der Waals surface area (Å²) in [6, 6.07) is 17.9. The van der Waals surface area contributed by atoms with Crippen molar-refractivity contribution < 1.29 is 23.1 Å². The maximum absolute atomic E-state index is 12.4. The minimum atomic E-state index is -0.346. The van der Waals surface area contributed by atoms with E-state index in [4.69, 9.17) is 18.3 Å². The fourth-order valence-corrected chi connectivity index (χ4v) is 2.73. The number of rotatable bonds is 7. The molecule has 29 heavy (non-hydrogen) atoms. The van der Waals surface area contributed by atoms with Crippen molar-refractivity contribution in [3.05, 3.63) is 84.8 Å². The van der Waals surface area contributed by atoms with Crippen LogP contribution in [0.25, 0.3) is 11.3 Å². The lowest BCUT2D eigenvalue weighted by Crippen LogP contribution is -2.10. The number of nitrogens with zero attached hydrogens (tertiary/aromatic N) is 1. The van der Waals surface area contributed by atoms with Crippen molar-refractivity contribution in [2.45, 2.75) is 6.61 Å². The lowest BCUT2D eigenvalue weighted by molar-refractivity contribution is 0.0992. The van der Waals surface area contributed by atoms with E-state index in [1.54, 1.807) is 43.6 Å². The average Bonchev–Trinajstić information content (AvgIpc) is 3.45. The fraction of sp³-hybridized carbons (Fsp3) is 0.0909. The van der Waals surface area contributed by atoms with Crippen LogP contribution in [0.4, 0.5) is 5.69 Å². The molecule has 0 saturated heterocycles. The summed E-state index contributed by atoms with van der Waals surface area (Å²) in [5.41, 5.74) is 1.51. The number of furan rings is 1. The van der Waals surface area contributed by atoms with Crippen LogP contribution in [0.5, 0.6) is 11.5 Å². The standard InChI is InChI=1S/C22H18N2O5/c1-26-18-4-2-3-5-19(18)27-13-17-10-11-20(29-17)22(25)24-16-8-6-15(7-9-16)21-12-23-14-28-21/h2-12,14H,13H2,1H3,(H,24,25). The summed E-state index contributed by atoms with van der Waals surface area (Å²) < 4.78 is 21.8. The van der Waals surface area contributed by atoms with E-state index in [1.165, 1.54) is 6.39 Å². The van der Waals surface area contributed by atoms with Crippen molar-refractivity contribution in [2.24, 2.45) is 0 Å². The second-order valence-electron chi connectivity index (χ2n) is 6.10. The summed E-state index contributed by atoms with van der Waals surface area (Å²) in [5.74, 6) is 2.27. The summed E-state index contributed by atoms with van der Waals surface area (Å²) in [7, 11) is 1.58. The number of oxazole rings is 1. The van der Waals surface area contributed by atoms with Gasteiger partial charge >= 0.3 is 0 Å². The van der Waals surface area contributed by atoms with Crippen molar-refractivity contribution in [2.75, 3.05) is 12.4 Å². The van der Waals surface area contributed by atoms with Gasteiger partial charge in [0.25, 0.3) is 5.91 Å². The lowest BCUT2D eigenvalue weighted by Gasteiger charge is -2.08. The molecule has 0 aliphatic heterocycles. The Morgan fingerprint density at radius 1 is 1.03 bits per heavy atom. The van der Waals surface area contributed by atoms with Crippen LogP contribution < -0.4 is 14.8 Å². The Balaban J connectivity index is 1.37. The highest BCUT2D eigenvalue weighted by molar-refractivity contribution is 6.02. The first-order valence-corrected chi connectivity index (χ1v) is 8.88. The van der Waals surface area contributed by atoms with E-state index < -0.39 is 0 Å². The number of hydrogen-bond donors (Lipinski definition) is 1. The second kappa shape index (κ2) is 8.35. The van der Waals surface area contributed by atoms with E-state index in [9.17, 15) is 4.79 Å². The van der Waals surface area contributed by atoms with Crippen LogP contribution in [0.1, 0.15) is 16.3 Å². The predicted molar refractivity (Wildman–Crippen MR) is 106 cm³/mol. The van der Waals surface area contributed by atoms with Gasteiger partial charge in [-0.25, -0.2) is 4.98 Å². The third-order valence-corrected chi connectivity index (χ3v) is 4.18. The second-order valence-corrected chi connectivity index (χ2v) is 6.10. The van der Waals surface area contributed by atoms with Crippen LogP contribution in [0, 0.1) is 0 Å². The Labute approximate surface area is 166 Å². The number of ether oxygens (including phenoxy) is 2. The molecule has 0 spiro atoms. The lowest BCUT2D eigenvalue weighted by atomic mass is 10.1. The number of anilines is 1. The van der Waals surface area contributed by atoms with Gasteiger partial charge in [-0.15, -0.1) is 0 Å². The highest BCUT2D eigenvalue weighted by atomic mass is 16.5. The smallest absolute Gasteiger partial charge is 0.291 e. The molecule has 0 atom stereocenters.